The molecule has 3 rings (SSSR count). The smallest absolute Gasteiger partial charge is 0.265 e. The van der Waals surface area contributed by atoms with Crippen molar-refractivity contribution in [1.29, 1.82) is 0 Å². The molecule has 0 saturated carbocycles. The van der Waals surface area contributed by atoms with Crippen LogP contribution < -0.4 is 19.1 Å². The lowest BCUT2D eigenvalue weighted by atomic mass is 10.2. The first kappa shape index (κ1) is 22.6. The van der Waals surface area contributed by atoms with Gasteiger partial charge in [0.05, 0.1) is 24.5 Å². The van der Waals surface area contributed by atoms with E-state index in [1.165, 1.54) is 57.4 Å². The minimum atomic E-state index is -4.21. The summed E-state index contributed by atoms with van der Waals surface area (Å²) in [6.45, 7) is 2.84. The molecule has 1 heterocycles. The fourth-order valence-electron chi connectivity index (χ4n) is 3.12. The van der Waals surface area contributed by atoms with Gasteiger partial charge in [-0.05, 0) is 42.5 Å². The molecule has 1 aliphatic heterocycles. The quantitative estimate of drug-likeness (QED) is 0.660. The predicted molar refractivity (Wildman–Crippen MR) is 115 cm³/mol. The maximum Gasteiger partial charge on any atom is 0.265 e. The molecule has 1 aliphatic rings. The molecule has 1 fully saturated rings. The number of sulfonamides is 2. The molecule has 1 unspecified atom stereocenters. The van der Waals surface area contributed by atoms with Crippen molar-refractivity contribution in [2.24, 2.45) is 5.92 Å². The van der Waals surface area contributed by atoms with Crippen molar-refractivity contribution in [3.63, 3.8) is 0 Å². The van der Waals surface area contributed by atoms with Gasteiger partial charge in [0.25, 0.3) is 10.0 Å². The number of carbonyl (C=O) groups is 2. The fraction of sp³-hybridized carbons (Fsp3) is 0.263. The largest absolute Gasteiger partial charge is 0.495 e. The average Bonchev–Trinajstić information content (AvgIpc) is 2.89. The third kappa shape index (κ3) is 4.64. The number of benzene rings is 2. The topological polar surface area (TPSA) is 139 Å². The molecule has 0 radical (unpaired) electrons. The highest BCUT2D eigenvalue weighted by Gasteiger charge is 2.42. The Labute approximate surface area is 180 Å². The van der Waals surface area contributed by atoms with Crippen molar-refractivity contribution in [2.45, 2.75) is 18.7 Å². The molecule has 12 heteroatoms. The molecule has 2 amide bonds. The predicted octanol–water partition coefficient (Wildman–Crippen LogP) is 1.77. The summed E-state index contributed by atoms with van der Waals surface area (Å²) in [6, 6.07) is 9.63. The molecule has 1 atom stereocenters. The van der Waals surface area contributed by atoms with Crippen molar-refractivity contribution in [2.75, 3.05) is 27.2 Å². The molecule has 2 aromatic rings. The second-order valence-corrected chi connectivity index (χ2v) is 10.5. The highest BCUT2D eigenvalue weighted by atomic mass is 32.2. The molecule has 0 bridgehead atoms. The van der Waals surface area contributed by atoms with Gasteiger partial charge in [0.1, 0.15) is 10.6 Å². The Morgan fingerprint density at radius 3 is 2.26 bits per heavy atom. The zero-order valence-corrected chi connectivity index (χ0v) is 18.6. The third-order valence-electron chi connectivity index (χ3n) is 4.49. The van der Waals surface area contributed by atoms with Crippen molar-refractivity contribution in [1.82, 2.24) is 0 Å². The number of hydrogen-bond donors (Lipinski definition) is 2. The molecule has 166 valence electrons. The van der Waals surface area contributed by atoms with E-state index in [2.05, 4.69) is 10.0 Å². The lowest BCUT2D eigenvalue weighted by Gasteiger charge is -2.18. The Balaban J connectivity index is 1.98. The van der Waals surface area contributed by atoms with Gasteiger partial charge in [0.15, 0.2) is 0 Å². The zero-order chi connectivity index (χ0) is 23.0. The molecule has 2 aromatic carbocycles. The van der Waals surface area contributed by atoms with Crippen LogP contribution in [0.25, 0.3) is 0 Å². The molecule has 1 saturated heterocycles. The van der Waals surface area contributed by atoms with Crippen LogP contribution in [0.4, 0.5) is 17.1 Å². The average molecular weight is 468 g/mol. The van der Waals surface area contributed by atoms with Gasteiger partial charge in [0.2, 0.25) is 21.8 Å². The van der Waals surface area contributed by atoms with Crippen molar-refractivity contribution < 1.29 is 31.2 Å². The van der Waals surface area contributed by atoms with Crippen LogP contribution in [-0.2, 0) is 29.6 Å². The molecule has 0 aliphatic carbocycles. The number of amides is 2. The lowest BCUT2D eigenvalue weighted by Crippen LogP contribution is -2.30. The Hall–Kier alpha value is -3.12. The van der Waals surface area contributed by atoms with Gasteiger partial charge in [-0.15, -0.1) is 0 Å². The first-order valence-corrected chi connectivity index (χ1v) is 12.2. The van der Waals surface area contributed by atoms with Gasteiger partial charge in [-0.3, -0.25) is 14.3 Å². The monoisotopic (exact) mass is 467 g/mol. The van der Waals surface area contributed by atoms with E-state index in [9.17, 15) is 26.4 Å². The first-order chi connectivity index (χ1) is 14.4. The molecule has 0 spiro atoms. The fourth-order valence-corrected chi connectivity index (χ4v) is 6.18. The lowest BCUT2D eigenvalue weighted by molar-refractivity contribution is -0.119. The van der Waals surface area contributed by atoms with Crippen molar-refractivity contribution >= 4 is 48.9 Å². The van der Waals surface area contributed by atoms with E-state index >= 15 is 0 Å². The van der Waals surface area contributed by atoms with Gasteiger partial charge < -0.3 is 10.1 Å². The summed E-state index contributed by atoms with van der Waals surface area (Å²) in [5.41, 5.74) is 0.610. The second kappa shape index (κ2) is 8.19. The minimum Gasteiger partial charge on any atom is -0.495 e. The van der Waals surface area contributed by atoms with Crippen LogP contribution in [0.1, 0.15) is 13.8 Å². The van der Waals surface area contributed by atoms with E-state index in [1.54, 1.807) is 0 Å². The number of nitrogens with one attached hydrogen (secondary N) is 2. The third-order valence-corrected chi connectivity index (χ3v) is 7.76. The summed E-state index contributed by atoms with van der Waals surface area (Å²) in [4.78, 5) is 23.1. The van der Waals surface area contributed by atoms with Crippen LogP contribution in [0.15, 0.2) is 47.4 Å². The number of anilines is 3. The molecule has 0 aromatic heterocycles. The highest BCUT2D eigenvalue weighted by molar-refractivity contribution is 7.94. The summed E-state index contributed by atoms with van der Waals surface area (Å²) in [6.07, 6.45) is 0. The summed E-state index contributed by atoms with van der Waals surface area (Å²) >= 11 is 0. The van der Waals surface area contributed by atoms with Crippen LogP contribution in [0.5, 0.6) is 5.75 Å². The molecule has 10 nitrogen and oxygen atoms in total. The Morgan fingerprint density at radius 1 is 1.13 bits per heavy atom. The van der Waals surface area contributed by atoms with Crippen molar-refractivity contribution in [3.05, 3.63) is 42.5 Å². The summed E-state index contributed by atoms with van der Waals surface area (Å²) in [5, 5.41) is 2.57. The number of nitrogens with zero attached hydrogens (tertiary/aromatic N) is 1. The maximum absolute atomic E-state index is 13.0. The van der Waals surface area contributed by atoms with E-state index in [-0.39, 0.29) is 33.7 Å². The van der Waals surface area contributed by atoms with Gasteiger partial charge in [-0.25, -0.2) is 21.1 Å². The van der Waals surface area contributed by atoms with Gasteiger partial charge >= 0.3 is 0 Å². The number of hydrogen-bond acceptors (Lipinski definition) is 7. The number of rotatable bonds is 6. The van der Waals surface area contributed by atoms with E-state index in [0.29, 0.717) is 9.99 Å². The molecule has 2 N–H and O–H groups in total. The van der Waals surface area contributed by atoms with E-state index in [1.807, 2.05) is 0 Å². The number of carbonyl (C=O) groups excluding carboxylic acids is 2. The molecular weight excluding hydrogens is 446 g/mol. The van der Waals surface area contributed by atoms with Crippen LogP contribution in [-0.4, -0.2) is 41.5 Å². The highest BCUT2D eigenvalue weighted by Crippen LogP contribution is 2.34. The van der Waals surface area contributed by atoms with E-state index in [0.717, 1.165) is 6.07 Å². The maximum atomic E-state index is 13.0. The standard InChI is InChI=1S/C19H21N3O7S2/c1-12-11-30(25,26)22(19(12)24)16-8-9-17(29-3)18(10-16)31(27,28)21-15-6-4-14(5-7-15)20-13(2)23/h4-10,12,21H,11H2,1-3H3,(H,20,23). The van der Waals surface area contributed by atoms with Gasteiger partial charge in [-0.2, -0.15) is 0 Å². The Morgan fingerprint density at radius 2 is 1.74 bits per heavy atom. The summed E-state index contributed by atoms with van der Waals surface area (Å²) < 4.78 is 58.9. The summed E-state index contributed by atoms with van der Waals surface area (Å²) in [7, 11) is -6.83. The van der Waals surface area contributed by atoms with Gasteiger partial charge in [-0.1, -0.05) is 6.92 Å². The van der Waals surface area contributed by atoms with E-state index < -0.39 is 31.9 Å². The van der Waals surface area contributed by atoms with Crippen LogP contribution >= 0.6 is 0 Å². The summed E-state index contributed by atoms with van der Waals surface area (Å²) in [5.74, 6) is -2.00. The van der Waals surface area contributed by atoms with Crippen LogP contribution in [0.2, 0.25) is 0 Å². The Kier molecular flexibility index (Phi) is 5.96. The molecular formula is C19H21N3O7S2. The SMILES string of the molecule is COc1ccc(N2C(=O)C(C)CS2(=O)=O)cc1S(=O)(=O)Nc1ccc(NC(C)=O)cc1. The van der Waals surface area contributed by atoms with E-state index in [4.69, 9.17) is 4.74 Å². The van der Waals surface area contributed by atoms with Crippen LogP contribution in [0.3, 0.4) is 0 Å². The zero-order valence-electron chi connectivity index (χ0n) is 16.9. The second-order valence-electron chi connectivity index (χ2n) is 6.98. The van der Waals surface area contributed by atoms with Crippen molar-refractivity contribution in [3.8, 4) is 5.75 Å². The number of methoxy groups -OCH3 is 1. The first-order valence-electron chi connectivity index (χ1n) is 9.10. The normalized spacial score (nSPS) is 18.0. The molecule has 31 heavy (non-hydrogen) atoms. The van der Waals surface area contributed by atoms with Crippen LogP contribution in [0, 0.1) is 5.92 Å². The Bertz CT molecular complexity index is 1240. The van der Waals surface area contributed by atoms with Gasteiger partial charge in [0, 0.05) is 18.3 Å². The minimum absolute atomic E-state index is 0.0248. The number of ether oxygens (including phenoxy) is 1.